The predicted octanol–water partition coefficient (Wildman–Crippen LogP) is 5.17. The molecule has 0 N–H and O–H groups in total. The minimum atomic E-state index is 0.562. The molecule has 0 spiro atoms. The van der Waals surface area contributed by atoms with Gasteiger partial charge < -0.3 is 9.64 Å². The Bertz CT molecular complexity index is 522. The first-order valence-corrected chi connectivity index (χ1v) is 10.3. The quantitative estimate of drug-likeness (QED) is 0.543. The third kappa shape index (κ3) is 4.28. The number of fused-ring (bicyclic) bond motifs is 2. The van der Waals surface area contributed by atoms with E-state index in [-0.39, 0.29) is 0 Å². The van der Waals surface area contributed by atoms with Gasteiger partial charge in [-0.2, -0.15) is 0 Å². The molecule has 0 radical (unpaired) electrons. The maximum atomic E-state index is 6.01. The smallest absolute Gasteiger partial charge is 0.0478 e. The van der Waals surface area contributed by atoms with Crippen LogP contribution in [0.25, 0.3) is 0 Å². The number of nitrogens with zero attached hydrogens (tertiary/aromatic N) is 1. The maximum Gasteiger partial charge on any atom is 0.0478 e. The zero-order valence-corrected chi connectivity index (χ0v) is 16.6. The third-order valence-electron chi connectivity index (χ3n) is 7.41. The molecule has 4 rings (SSSR count). The summed E-state index contributed by atoms with van der Waals surface area (Å²) in [5.74, 6) is 0.986. The first-order valence-electron chi connectivity index (χ1n) is 10.3. The van der Waals surface area contributed by atoms with Crippen molar-refractivity contribution in [3.63, 3.8) is 0 Å². The van der Waals surface area contributed by atoms with Gasteiger partial charge in [-0.25, -0.2) is 0 Å². The van der Waals surface area contributed by atoms with E-state index >= 15 is 0 Å². The molecule has 140 valence electrons. The van der Waals surface area contributed by atoms with Crippen molar-refractivity contribution >= 4 is 0 Å². The van der Waals surface area contributed by atoms with Crippen LogP contribution in [0.4, 0.5) is 0 Å². The largest absolute Gasteiger partial charge is 0.381 e. The molecule has 0 unspecified atom stereocenters. The third-order valence-corrected chi connectivity index (χ3v) is 7.41. The fourth-order valence-electron chi connectivity index (χ4n) is 5.30. The van der Waals surface area contributed by atoms with E-state index in [0.29, 0.717) is 10.8 Å². The van der Waals surface area contributed by atoms with Crippen LogP contribution in [0.2, 0.25) is 0 Å². The lowest BCUT2D eigenvalue weighted by molar-refractivity contribution is -0.172. The molecule has 3 fully saturated rings. The summed E-state index contributed by atoms with van der Waals surface area (Å²) < 4.78 is 6.01. The Labute approximate surface area is 154 Å². The van der Waals surface area contributed by atoms with Crippen molar-refractivity contribution in [3.8, 4) is 0 Å². The highest BCUT2D eigenvalue weighted by Crippen LogP contribution is 2.69. The molecule has 2 nitrogen and oxygen atoms in total. The minimum absolute atomic E-state index is 0.562. The summed E-state index contributed by atoms with van der Waals surface area (Å²) in [6.07, 6.45) is 9.36. The van der Waals surface area contributed by atoms with Gasteiger partial charge in [0, 0.05) is 26.3 Å². The fourth-order valence-corrected chi connectivity index (χ4v) is 5.30. The molecule has 2 bridgehead atoms. The van der Waals surface area contributed by atoms with Crippen LogP contribution in [0.15, 0.2) is 30.3 Å². The van der Waals surface area contributed by atoms with Gasteiger partial charge in [-0.05, 0) is 67.9 Å². The Kier molecular flexibility index (Phi) is 6.22. The standard InChI is InChI=1S/C23H37NO/c1-22(2)21-11-7-13-23(22,19-21)14-18-25-17-8-15-24(3)16-12-20-9-5-4-6-10-20/h4-6,9-10,21H,7-8,11-19H2,1-3H3/t21-,23+/m0/s1. The van der Waals surface area contributed by atoms with Gasteiger partial charge in [0.05, 0.1) is 0 Å². The van der Waals surface area contributed by atoms with Crippen molar-refractivity contribution in [1.82, 2.24) is 4.90 Å². The molecule has 1 aromatic rings. The number of likely N-dealkylation sites (N-methyl/N-ethyl adjacent to an activating group) is 1. The van der Waals surface area contributed by atoms with Crippen molar-refractivity contribution in [2.75, 3.05) is 33.4 Å². The second kappa shape index (κ2) is 8.22. The summed E-state index contributed by atoms with van der Waals surface area (Å²) in [6, 6.07) is 10.8. The summed E-state index contributed by atoms with van der Waals surface area (Å²) in [7, 11) is 2.22. The number of hydrogen-bond donors (Lipinski definition) is 0. The van der Waals surface area contributed by atoms with Crippen LogP contribution in [0.1, 0.15) is 57.9 Å². The molecule has 0 amide bonds. The summed E-state index contributed by atoms with van der Waals surface area (Å²) in [5.41, 5.74) is 2.59. The normalized spacial score (nSPS) is 27.3. The second-order valence-corrected chi connectivity index (χ2v) is 9.05. The molecule has 3 saturated carbocycles. The van der Waals surface area contributed by atoms with E-state index in [9.17, 15) is 0 Å². The SMILES string of the molecule is CN(CCCOCC[C@]12CCC[C@@H](C1)C2(C)C)CCc1ccccc1. The minimum Gasteiger partial charge on any atom is -0.381 e. The molecule has 0 aromatic heterocycles. The zero-order chi connectivity index (χ0) is 17.8. The predicted molar refractivity (Wildman–Crippen MR) is 106 cm³/mol. The Morgan fingerprint density at radius 1 is 1.12 bits per heavy atom. The lowest BCUT2D eigenvalue weighted by Gasteiger charge is -2.66. The molecular weight excluding hydrogens is 306 g/mol. The number of rotatable bonds is 10. The van der Waals surface area contributed by atoms with Gasteiger partial charge in [0.1, 0.15) is 0 Å². The molecule has 1 aromatic carbocycles. The molecule has 3 aliphatic carbocycles. The van der Waals surface area contributed by atoms with Gasteiger partial charge >= 0.3 is 0 Å². The van der Waals surface area contributed by atoms with E-state index in [2.05, 4.69) is 56.1 Å². The maximum absolute atomic E-state index is 6.01. The second-order valence-electron chi connectivity index (χ2n) is 9.05. The number of hydrogen-bond acceptors (Lipinski definition) is 2. The highest BCUT2D eigenvalue weighted by Gasteiger charge is 2.60. The van der Waals surface area contributed by atoms with Gasteiger partial charge in [-0.3, -0.25) is 0 Å². The van der Waals surface area contributed by atoms with E-state index in [4.69, 9.17) is 4.74 Å². The average Bonchev–Trinajstić information content (AvgIpc) is 2.64. The Morgan fingerprint density at radius 3 is 2.64 bits per heavy atom. The van der Waals surface area contributed by atoms with Crippen molar-refractivity contribution < 1.29 is 4.74 Å². The van der Waals surface area contributed by atoms with Crippen molar-refractivity contribution in [2.24, 2.45) is 16.7 Å². The number of ether oxygens (including phenoxy) is 1. The van der Waals surface area contributed by atoms with Gasteiger partial charge in [-0.1, -0.05) is 50.6 Å². The average molecular weight is 344 g/mol. The Morgan fingerprint density at radius 2 is 1.92 bits per heavy atom. The molecule has 0 saturated heterocycles. The van der Waals surface area contributed by atoms with Crippen molar-refractivity contribution in [3.05, 3.63) is 35.9 Å². The highest BCUT2D eigenvalue weighted by atomic mass is 16.5. The van der Waals surface area contributed by atoms with Crippen LogP contribution < -0.4 is 0 Å². The molecule has 3 aliphatic rings. The highest BCUT2D eigenvalue weighted by molar-refractivity contribution is 5.14. The molecule has 2 atom stereocenters. The summed E-state index contributed by atoms with van der Waals surface area (Å²) in [4.78, 5) is 2.43. The molecule has 2 heteroatoms. The lowest BCUT2D eigenvalue weighted by Crippen LogP contribution is -2.58. The van der Waals surface area contributed by atoms with Gasteiger partial charge in [0.2, 0.25) is 0 Å². The van der Waals surface area contributed by atoms with Crippen molar-refractivity contribution in [1.29, 1.82) is 0 Å². The van der Waals surface area contributed by atoms with E-state index in [1.54, 1.807) is 0 Å². The van der Waals surface area contributed by atoms with E-state index < -0.39 is 0 Å². The van der Waals surface area contributed by atoms with Crippen molar-refractivity contribution in [2.45, 2.75) is 58.8 Å². The van der Waals surface area contributed by atoms with E-state index in [0.717, 1.165) is 45.1 Å². The van der Waals surface area contributed by atoms with Crippen LogP contribution in [-0.2, 0) is 11.2 Å². The zero-order valence-electron chi connectivity index (χ0n) is 16.6. The molecule has 25 heavy (non-hydrogen) atoms. The van der Waals surface area contributed by atoms with Gasteiger partial charge in [-0.15, -0.1) is 0 Å². The van der Waals surface area contributed by atoms with Crippen LogP contribution in [0.3, 0.4) is 0 Å². The summed E-state index contributed by atoms with van der Waals surface area (Å²) in [6.45, 7) is 9.14. The summed E-state index contributed by atoms with van der Waals surface area (Å²) >= 11 is 0. The summed E-state index contributed by atoms with van der Waals surface area (Å²) in [5, 5.41) is 0. The van der Waals surface area contributed by atoms with Gasteiger partial charge in [0.25, 0.3) is 0 Å². The molecular formula is C23H37NO. The first-order chi connectivity index (χ1) is 12.0. The van der Waals surface area contributed by atoms with E-state index in [1.807, 2.05) is 0 Å². The van der Waals surface area contributed by atoms with Gasteiger partial charge in [0.15, 0.2) is 0 Å². The van der Waals surface area contributed by atoms with Crippen LogP contribution in [0.5, 0.6) is 0 Å². The van der Waals surface area contributed by atoms with Crippen LogP contribution in [-0.4, -0.2) is 38.3 Å². The molecule has 0 heterocycles. The monoisotopic (exact) mass is 343 g/mol. The van der Waals surface area contributed by atoms with Crippen LogP contribution in [0, 0.1) is 16.7 Å². The molecule has 0 aliphatic heterocycles. The van der Waals surface area contributed by atoms with Crippen LogP contribution >= 0.6 is 0 Å². The number of benzene rings is 1. The lowest BCUT2D eigenvalue weighted by atomic mass is 9.39. The Balaban J connectivity index is 1.24. The first kappa shape index (κ1) is 18.9. The topological polar surface area (TPSA) is 12.5 Å². The fraction of sp³-hybridized carbons (Fsp3) is 0.739. The van der Waals surface area contributed by atoms with E-state index in [1.165, 1.54) is 37.7 Å². The Hall–Kier alpha value is -0.860.